The summed E-state index contributed by atoms with van der Waals surface area (Å²) in [6, 6.07) is 16.2. The van der Waals surface area contributed by atoms with Crippen molar-refractivity contribution in [2.75, 3.05) is 5.32 Å². The molecule has 0 aliphatic heterocycles. The van der Waals surface area contributed by atoms with Crippen molar-refractivity contribution in [3.05, 3.63) is 71.5 Å². The first-order valence-electron chi connectivity index (χ1n) is 8.17. The Labute approximate surface area is 151 Å². The third-order valence-electron chi connectivity index (χ3n) is 3.88. The molecule has 1 amide bonds. The number of esters is 1. The summed E-state index contributed by atoms with van der Waals surface area (Å²) in [6.45, 7) is 5.05. The summed E-state index contributed by atoms with van der Waals surface area (Å²) >= 11 is 0. The Hall–Kier alpha value is -3.41. The molecule has 0 atom stereocenters. The molecule has 0 aliphatic carbocycles. The maximum Gasteiger partial charge on any atom is 0.347 e. The maximum absolute atomic E-state index is 12.6. The molecule has 0 spiro atoms. The summed E-state index contributed by atoms with van der Waals surface area (Å²) in [5.74, 6) is -0.223. The summed E-state index contributed by atoms with van der Waals surface area (Å²) in [4.78, 5) is 23.7. The summed E-state index contributed by atoms with van der Waals surface area (Å²) < 4.78 is 7.19. The number of anilines is 1. The lowest BCUT2D eigenvalue weighted by Gasteiger charge is -2.07. The van der Waals surface area contributed by atoms with Gasteiger partial charge in [0.2, 0.25) is 5.91 Å². The molecule has 2 aromatic carbocycles. The fourth-order valence-electron chi connectivity index (χ4n) is 2.73. The van der Waals surface area contributed by atoms with E-state index in [1.165, 1.54) is 6.92 Å². The van der Waals surface area contributed by atoms with Crippen molar-refractivity contribution < 1.29 is 14.3 Å². The number of nitrogens with zero attached hydrogens (tertiary/aromatic N) is 2. The van der Waals surface area contributed by atoms with Gasteiger partial charge >= 0.3 is 5.97 Å². The molecular weight excluding hydrogens is 330 g/mol. The zero-order valence-electron chi connectivity index (χ0n) is 14.8. The Balaban J connectivity index is 1.82. The van der Waals surface area contributed by atoms with Crippen molar-refractivity contribution in [2.45, 2.75) is 20.8 Å². The number of carbonyl (C=O) groups excluding carboxylic acids is 2. The van der Waals surface area contributed by atoms with Crippen molar-refractivity contribution in [1.29, 1.82) is 0 Å². The van der Waals surface area contributed by atoms with Gasteiger partial charge in [0.25, 0.3) is 0 Å². The van der Waals surface area contributed by atoms with Gasteiger partial charge in [0.1, 0.15) is 11.3 Å². The lowest BCUT2D eigenvalue weighted by molar-refractivity contribution is -0.114. The number of para-hydroxylation sites is 1. The van der Waals surface area contributed by atoms with Crippen LogP contribution in [-0.2, 0) is 4.79 Å². The zero-order valence-corrected chi connectivity index (χ0v) is 14.8. The minimum atomic E-state index is -0.463. The fraction of sp³-hybridized carbons (Fsp3) is 0.150. The van der Waals surface area contributed by atoms with E-state index in [1.54, 1.807) is 35.9 Å². The van der Waals surface area contributed by atoms with Crippen molar-refractivity contribution in [1.82, 2.24) is 9.78 Å². The Kier molecular flexibility index (Phi) is 4.84. The van der Waals surface area contributed by atoms with Crippen molar-refractivity contribution in [2.24, 2.45) is 0 Å². The Morgan fingerprint density at radius 1 is 1.00 bits per heavy atom. The Morgan fingerprint density at radius 2 is 1.65 bits per heavy atom. The van der Waals surface area contributed by atoms with E-state index in [0.29, 0.717) is 28.4 Å². The van der Waals surface area contributed by atoms with E-state index in [0.717, 1.165) is 5.69 Å². The molecular formula is C20H19N3O3. The van der Waals surface area contributed by atoms with E-state index in [-0.39, 0.29) is 5.91 Å². The SMILES string of the molecule is CC(=O)Nc1ccc(OC(=O)c2c(C)nn(-c3ccccc3)c2C)cc1. The minimum absolute atomic E-state index is 0.158. The highest BCUT2D eigenvalue weighted by Gasteiger charge is 2.21. The summed E-state index contributed by atoms with van der Waals surface area (Å²) in [7, 11) is 0. The van der Waals surface area contributed by atoms with Crippen LogP contribution in [0.4, 0.5) is 5.69 Å². The molecule has 0 fully saturated rings. The van der Waals surface area contributed by atoms with Crippen LogP contribution in [-0.4, -0.2) is 21.7 Å². The molecule has 0 saturated heterocycles. The van der Waals surface area contributed by atoms with Gasteiger partial charge in [-0.05, 0) is 50.2 Å². The van der Waals surface area contributed by atoms with Crippen LogP contribution in [0, 0.1) is 13.8 Å². The number of benzene rings is 2. The van der Waals surface area contributed by atoms with Crippen molar-refractivity contribution >= 4 is 17.6 Å². The van der Waals surface area contributed by atoms with Crippen LogP contribution >= 0.6 is 0 Å². The lowest BCUT2D eigenvalue weighted by atomic mass is 10.2. The minimum Gasteiger partial charge on any atom is -0.423 e. The van der Waals surface area contributed by atoms with Crippen LogP contribution in [0.1, 0.15) is 28.7 Å². The number of aromatic nitrogens is 2. The molecule has 132 valence electrons. The number of hydrogen-bond acceptors (Lipinski definition) is 4. The molecule has 26 heavy (non-hydrogen) atoms. The molecule has 0 aliphatic rings. The number of amides is 1. The summed E-state index contributed by atoms with van der Waals surface area (Å²) in [5, 5.41) is 7.12. The van der Waals surface area contributed by atoms with Gasteiger partial charge < -0.3 is 10.1 Å². The van der Waals surface area contributed by atoms with Crippen LogP contribution in [0.2, 0.25) is 0 Å². The van der Waals surface area contributed by atoms with E-state index in [4.69, 9.17) is 4.74 Å². The molecule has 6 heteroatoms. The second-order valence-electron chi connectivity index (χ2n) is 5.89. The average Bonchev–Trinajstić information content (AvgIpc) is 2.91. The summed E-state index contributed by atoms with van der Waals surface area (Å²) in [5.41, 5.74) is 3.29. The van der Waals surface area contributed by atoms with E-state index in [2.05, 4.69) is 10.4 Å². The smallest absolute Gasteiger partial charge is 0.347 e. The number of carbonyl (C=O) groups is 2. The quantitative estimate of drug-likeness (QED) is 0.576. The fourth-order valence-corrected chi connectivity index (χ4v) is 2.73. The Bertz CT molecular complexity index is 944. The van der Waals surface area contributed by atoms with Gasteiger partial charge in [0.05, 0.1) is 17.1 Å². The molecule has 0 unspecified atom stereocenters. The van der Waals surface area contributed by atoms with Gasteiger partial charge in [0.15, 0.2) is 0 Å². The largest absolute Gasteiger partial charge is 0.423 e. The number of ether oxygens (including phenoxy) is 1. The number of aryl methyl sites for hydroxylation is 1. The highest BCUT2D eigenvalue weighted by molar-refractivity contribution is 5.93. The first-order valence-corrected chi connectivity index (χ1v) is 8.17. The third-order valence-corrected chi connectivity index (χ3v) is 3.88. The Morgan fingerprint density at radius 3 is 2.27 bits per heavy atom. The molecule has 0 radical (unpaired) electrons. The standard InChI is InChI=1S/C20H19N3O3/c1-13-19(14(2)23(22-13)17-7-5-4-6-8-17)20(25)26-18-11-9-16(10-12-18)21-15(3)24/h4-12H,1-3H3,(H,21,24). The van der Waals surface area contributed by atoms with Gasteiger partial charge in [0, 0.05) is 12.6 Å². The lowest BCUT2D eigenvalue weighted by Crippen LogP contribution is -2.11. The molecule has 0 bridgehead atoms. The summed E-state index contributed by atoms with van der Waals surface area (Å²) in [6.07, 6.45) is 0. The van der Waals surface area contributed by atoms with Crippen molar-refractivity contribution in [3.8, 4) is 11.4 Å². The van der Waals surface area contributed by atoms with Gasteiger partial charge in [-0.25, -0.2) is 9.48 Å². The number of nitrogens with one attached hydrogen (secondary N) is 1. The molecule has 1 heterocycles. The van der Waals surface area contributed by atoms with E-state index < -0.39 is 5.97 Å². The maximum atomic E-state index is 12.6. The van der Waals surface area contributed by atoms with Crippen LogP contribution in [0.5, 0.6) is 5.75 Å². The molecule has 1 N–H and O–H groups in total. The highest BCUT2D eigenvalue weighted by Crippen LogP contribution is 2.21. The van der Waals surface area contributed by atoms with Crippen molar-refractivity contribution in [3.63, 3.8) is 0 Å². The third kappa shape index (κ3) is 3.64. The van der Waals surface area contributed by atoms with Gasteiger partial charge in [-0.2, -0.15) is 5.10 Å². The first-order chi connectivity index (χ1) is 12.5. The van der Waals surface area contributed by atoms with Gasteiger partial charge in [-0.15, -0.1) is 0 Å². The van der Waals surface area contributed by atoms with E-state index in [1.807, 2.05) is 37.3 Å². The monoisotopic (exact) mass is 349 g/mol. The normalized spacial score (nSPS) is 10.4. The van der Waals surface area contributed by atoms with Crippen LogP contribution in [0.3, 0.4) is 0 Å². The molecule has 0 saturated carbocycles. The topological polar surface area (TPSA) is 73.2 Å². The van der Waals surface area contributed by atoms with Crippen LogP contribution in [0.15, 0.2) is 54.6 Å². The van der Waals surface area contributed by atoms with E-state index >= 15 is 0 Å². The van der Waals surface area contributed by atoms with Crippen LogP contribution < -0.4 is 10.1 Å². The molecule has 1 aromatic heterocycles. The predicted octanol–water partition coefficient (Wildman–Crippen LogP) is 3.67. The van der Waals surface area contributed by atoms with Gasteiger partial charge in [-0.3, -0.25) is 4.79 Å². The predicted molar refractivity (Wildman–Crippen MR) is 98.7 cm³/mol. The molecule has 3 aromatic rings. The first kappa shape index (κ1) is 17.4. The average molecular weight is 349 g/mol. The van der Waals surface area contributed by atoms with Crippen LogP contribution in [0.25, 0.3) is 5.69 Å². The molecule has 3 rings (SSSR count). The van der Waals surface area contributed by atoms with E-state index in [9.17, 15) is 9.59 Å². The second-order valence-corrected chi connectivity index (χ2v) is 5.89. The number of hydrogen-bond donors (Lipinski definition) is 1. The number of rotatable bonds is 4. The van der Waals surface area contributed by atoms with Gasteiger partial charge in [-0.1, -0.05) is 18.2 Å². The molecule has 6 nitrogen and oxygen atoms in total. The zero-order chi connectivity index (χ0) is 18.7. The second kappa shape index (κ2) is 7.23. The highest BCUT2D eigenvalue weighted by atomic mass is 16.5.